The quantitative estimate of drug-likeness (QED) is 0.619. The summed E-state index contributed by atoms with van der Waals surface area (Å²) in [4.78, 5) is 0. The van der Waals surface area contributed by atoms with Crippen molar-refractivity contribution < 1.29 is 35.8 Å². The van der Waals surface area contributed by atoms with E-state index in [2.05, 4.69) is 23.8 Å². The molecule has 18 heavy (non-hydrogen) atoms. The smallest absolute Gasteiger partial charge is 0.231 e. The van der Waals surface area contributed by atoms with Gasteiger partial charge in [0, 0.05) is 6.42 Å². The van der Waals surface area contributed by atoms with Crippen molar-refractivity contribution in [3.8, 4) is 17.2 Å². The zero-order valence-electron chi connectivity index (χ0n) is 10.5. The molecule has 1 aromatic rings. The summed E-state index contributed by atoms with van der Waals surface area (Å²) >= 11 is 0. The zero-order chi connectivity index (χ0) is 11.8. The maximum atomic E-state index is 5.49. The minimum atomic E-state index is 0. The molecular weight excluding hydrogens is 298 g/mol. The van der Waals surface area contributed by atoms with Crippen molar-refractivity contribution in [2.24, 2.45) is 0 Å². The lowest BCUT2D eigenvalue weighted by molar-refractivity contribution is -0.520. The standard InChI is InChI=1S/C13H16NO3.BrH/c1-3-14-5-4-9-6-11-13(17-8-16-11)12(15-2)10(9)7-14;/h6-7H,3-5,8H2,1-2H3;1H/q+1;/p-1. The van der Waals surface area contributed by atoms with E-state index in [1.807, 2.05) is 0 Å². The van der Waals surface area contributed by atoms with E-state index >= 15 is 0 Å². The minimum Gasteiger partial charge on any atom is -1.00 e. The number of hydrogen-bond donors (Lipinski definition) is 0. The lowest BCUT2D eigenvalue weighted by Gasteiger charge is -2.16. The molecule has 0 atom stereocenters. The van der Waals surface area contributed by atoms with Crippen LogP contribution in [-0.4, -0.2) is 37.8 Å². The molecule has 1 aromatic carbocycles. The van der Waals surface area contributed by atoms with Gasteiger partial charge in [0.2, 0.25) is 12.5 Å². The molecule has 0 aromatic heterocycles. The first-order valence-electron chi connectivity index (χ1n) is 5.92. The Balaban J connectivity index is 0.00000120. The molecule has 4 nitrogen and oxygen atoms in total. The number of benzene rings is 1. The molecule has 0 aliphatic carbocycles. The van der Waals surface area contributed by atoms with Crippen molar-refractivity contribution in [1.29, 1.82) is 0 Å². The molecular formula is C13H16BrNO3. The van der Waals surface area contributed by atoms with Gasteiger partial charge in [-0.05, 0) is 18.6 Å². The Morgan fingerprint density at radius 1 is 1.39 bits per heavy atom. The molecule has 0 saturated heterocycles. The highest BCUT2D eigenvalue weighted by molar-refractivity contribution is 5.86. The average molecular weight is 314 g/mol. The Labute approximate surface area is 117 Å². The molecule has 5 heteroatoms. The molecule has 0 radical (unpaired) electrons. The number of methoxy groups -OCH3 is 1. The molecule has 3 rings (SSSR count). The number of nitrogens with zero attached hydrogens (tertiary/aromatic N) is 1. The van der Waals surface area contributed by atoms with Crippen molar-refractivity contribution >= 4 is 6.21 Å². The second-order valence-electron chi connectivity index (χ2n) is 4.22. The third-order valence-corrected chi connectivity index (χ3v) is 3.33. The number of likely N-dealkylation sites (N-methyl/N-ethyl adjacent to an activating group) is 1. The highest BCUT2D eigenvalue weighted by Gasteiger charge is 2.28. The molecule has 2 heterocycles. The van der Waals surface area contributed by atoms with Crippen molar-refractivity contribution in [2.45, 2.75) is 13.3 Å². The molecule has 0 N–H and O–H groups in total. The summed E-state index contributed by atoms with van der Waals surface area (Å²) in [5, 5.41) is 0. The van der Waals surface area contributed by atoms with Crippen LogP contribution in [0.15, 0.2) is 6.07 Å². The summed E-state index contributed by atoms with van der Waals surface area (Å²) in [6, 6.07) is 2.07. The molecule has 2 aliphatic rings. The first-order chi connectivity index (χ1) is 8.33. The topological polar surface area (TPSA) is 30.7 Å². The minimum absolute atomic E-state index is 0. The molecule has 0 saturated carbocycles. The summed E-state index contributed by atoms with van der Waals surface area (Å²) in [6.45, 7) is 4.50. The normalized spacial score (nSPS) is 15.6. The fraction of sp³-hybridized carbons (Fsp3) is 0.462. The zero-order valence-corrected chi connectivity index (χ0v) is 12.1. The van der Waals surface area contributed by atoms with Crippen molar-refractivity contribution in [1.82, 2.24) is 0 Å². The number of halogens is 1. The van der Waals surface area contributed by atoms with Crippen LogP contribution in [0.3, 0.4) is 0 Å². The van der Waals surface area contributed by atoms with Gasteiger partial charge in [-0.15, -0.1) is 0 Å². The summed E-state index contributed by atoms with van der Waals surface area (Å²) in [5.74, 6) is 2.34. The van der Waals surface area contributed by atoms with Gasteiger partial charge in [-0.25, -0.2) is 4.58 Å². The summed E-state index contributed by atoms with van der Waals surface area (Å²) < 4.78 is 18.7. The SMILES string of the molecule is CC[N+]1=Cc2c(cc3c(c2OC)OCO3)CC1.[Br-]. The molecule has 0 amide bonds. The molecule has 0 bridgehead atoms. The van der Waals surface area contributed by atoms with Crippen LogP contribution in [0, 0.1) is 0 Å². The van der Waals surface area contributed by atoms with Crippen LogP contribution in [-0.2, 0) is 6.42 Å². The first kappa shape index (κ1) is 13.2. The van der Waals surface area contributed by atoms with Crippen LogP contribution in [0.5, 0.6) is 17.2 Å². The Morgan fingerprint density at radius 2 is 2.22 bits per heavy atom. The van der Waals surface area contributed by atoms with Crippen LogP contribution in [0.1, 0.15) is 18.1 Å². The van der Waals surface area contributed by atoms with Crippen molar-refractivity contribution in [3.05, 3.63) is 17.2 Å². The molecule has 0 unspecified atom stereocenters. The van der Waals surface area contributed by atoms with E-state index < -0.39 is 0 Å². The second-order valence-corrected chi connectivity index (χ2v) is 4.22. The van der Waals surface area contributed by atoms with Crippen molar-refractivity contribution in [3.63, 3.8) is 0 Å². The lowest BCUT2D eigenvalue weighted by atomic mass is 10.00. The average Bonchev–Trinajstić information content (AvgIpc) is 2.82. The van der Waals surface area contributed by atoms with Crippen molar-refractivity contribution in [2.75, 3.05) is 27.0 Å². The fourth-order valence-corrected chi connectivity index (χ4v) is 2.39. The van der Waals surface area contributed by atoms with Crippen LogP contribution < -0.4 is 31.2 Å². The Morgan fingerprint density at radius 3 is 2.94 bits per heavy atom. The number of ether oxygens (including phenoxy) is 3. The molecule has 2 aliphatic heterocycles. The van der Waals surface area contributed by atoms with Crippen LogP contribution >= 0.6 is 0 Å². The largest absolute Gasteiger partial charge is 1.00 e. The summed E-state index contributed by atoms with van der Waals surface area (Å²) in [5.41, 5.74) is 2.40. The monoisotopic (exact) mass is 313 g/mol. The van der Waals surface area contributed by atoms with Crippen LogP contribution in [0.2, 0.25) is 0 Å². The molecule has 0 spiro atoms. The van der Waals surface area contributed by atoms with Crippen LogP contribution in [0.25, 0.3) is 0 Å². The van der Waals surface area contributed by atoms with E-state index in [9.17, 15) is 0 Å². The van der Waals surface area contributed by atoms with Gasteiger partial charge >= 0.3 is 0 Å². The number of rotatable bonds is 2. The van der Waals surface area contributed by atoms with Gasteiger partial charge in [0.15, 0.2) is 17.7 Å². The van der Waals surface area contributed by atoms with E-state index in [1.54, 1.807) is 7.11 Å². The van der Waals surface area contributed by atoms with Crippen LogP contribution in [0.4, 0.5) is 0 Å². The first-order valence-corrected chi connectivity index (χ1v) is 5.92. The maximum absolute atomic E-state index is 5.49. The summed E-state index contributed by atoms with van der Waals surface area (Å²) in [7, 11) is 1.68. The highest BCUT2D eigenvalue weighted by Crippen LogP contribution is 2.44. The van der Waals surface area contributed by atoms with Gasteiger partial charge in [-0.2, -0.15) is 0 Å². The van der Waals surface area contributed by atoms with E-state index in [1.165, 1.54) is 5.56 Å². The van der Waals surface area contributed by atoms with E-state index in [4.69, 9.17) is 14.2 Å². The highest BCUT2D eigenvalue weighted by atomic mass is 79.9. The predicted molar refractivity (Wildman–Crippen MR) is 63.7 cm³/mol. The van der Waals surface area contributed by atoms with E-state index in [-0.39, 0.29) is 23.8 Å². The number of hydrogen-bond acceptors (Lipinski definition) is 3. The lowest BCUT2D eigenvalue weighted by Crippen LogP contribution is -3.00. The molecule has 0 fully saturated rings. The molecule has 98 valence electrons. The van der Waals surface area contributed by atoms with Gasteiger partial charge in [-0.1, -0.05) is 0 Å². The second kappa shape index (κ2) is 5.18. The van der Waals surface area contributed by atoms with Gasteiger partial charge < -0.3 is 31.2 Å². The maximum Gasteiger partial charge on any atom is 0.231 e. The summed E-state index contributed by atoms with van der Waals surface area (Å²) in [6.07, 6.45) is 3.17. The van der Waals surface area contributed by atoms with E-state index in [0.29, 0.717) is 0 Å². The third-order valence-electron chi connectivity index (χ3n) is 3.33. The van der Waals surface area contributed by atoms with Gasteiger partial charge in [0.05, 0.1) is 12.7 Å². The van der Waals surface area contributed by atoms with E-state index in [0.717, 1.165) is 42.3 Å². The van der Waals surface area contributed by atoms with Gasteiger partial charge in [0.1, 0.15) is 13.1 Å². The predicted octanol–water partition coefficient (Wildman–Crippen LogP) is -1.56. The number of fused-ring (bicyclic) bond motifs is 2. The Hall–Kier alpha value is -1.23. The Bertz CT molecular complexity index is 499. The fourth-order valence-electron chi connectivity index (χ4n) is 2.39. The van der Waals surface area contributed by atoms with Gasteiger partial charge in [0.25, 0.3) is 0 Å². The Kier molecular flexibility index (Phi) is 3.80. The third kappa shape index (κ3) is 1.96. The van der Waals surface area contributed by atoms with Gasteiger partial charge in [-0.3, -0.25) is 0 Å².